The summed E-state index contributed by atoms with van der Waals surface area (Å²) in [5.41, 5.74) is 2.58. The van der Waals surface area contributed by atoms with Crippen molar-refractivity contribution in [1.29, 1.82) is 0 Å². The average molecular weight is 319 g/mol. The van der Waals surface area contributed by atoms with Gasteiger partial charge in [-0.1, -0.05) is 25.0 Å². The molecule has 22 heavy (non-hydrogen) atoms. The lowest BCUT2D eigenvalue weighted by Crippen LogP contribution is -2.35. The molecule has 1 fully saturated rings. The van der Waals surface area contributed by atoms with Crippen LogP contribution in [-0.4, -0.2) is 29.6 Å². The Balaban J connectivity index is 1.43. The Kier molecular flexibility index (Phi) is 5.29. The lowest BCUT2D eigenvalue weighted by atomic mass is 10.0. The molecular formula is C18H25NO2S. The van der Waals surface area contributed by atoms with Crippen LogP contribution in [0.25, 0.3) is 0 Å². The maximum absolute atomic E-state index is 12.0. The van der Waals surface area contributed by atoms with Crippen LogP contribution in [0, 0.1) is 0 Å². The lowest BCUT2D eigenvalue weighted by molar-refractivity contribution is -0.119. The van der Waals surface area contributed by atoms with Crippen LogP contribution in [0.1, 0.15) is 43.7 Å². The lowest BCUT2D eigenvalue weighted by Gasteiger charge is -2.15. The molecule has 0 aromatic heterocycles. The summed E-state index contributed by atoms with van der Waals surface area (Å²) in [7, 11) is 0. The minimum atomic E-state index is 0.175. The van der Waals surface area contributed by atoms with Crippen LogP contribution < -0.4 is 10.1 Å². The number of rotatable bonds is 6. The van der Waals surface area contributed by atoms with Gasteiger partial charge in [0.1, 0.15) is 5.75 Å². The van der Waals surface area contributed by atoms with Crippen molar-refractivity contribution in [1.82, 2.24) is 5.32 Å². The van der Waals surface area contributed by atoms with E-state index < -0.39 is 0 Å². The van der Waals surface area contributed by atoms with Gasteiger partial charge in [-0.2, -0.15) is 0 Å². The van der Waals surface area contributed by atoms with E-state index in [0.717, 1.165) is 25.2 Å². The van der Waals surface area contributed by atoms with Crippen molar-refractivity contribution in [3.63, 3.8) is 0 Å². The van der Waals surface area contributed by atoms with Crippen molar-refractivity contribution in [3.05, 3.63) is 29.3 Å². The van der Waals surface area contributed by atoms with Crippen LogP contribution in [0.4, 0.5) is 0 Å². The minimum Gasteiger partial charge on any atom is -0.493 e. The zero-order valence-corrected chi connectivity index (χ0v) is 14.1. The molecule has 3 nitrogen and oxygen atoms in total. The molecule has 1 aromatic rings. The highest BCUT2D eigenvalue weighted by Gasteiger charge is 2.18. The topological polar surface area (TPSA) is 38.3 Å². The van der Waals surface area contributed by atoms with Crippen LogP contribution in [-0.2, 0) is 17.6 Å². The average Bonchev–Trinajstić information content (AvgIpc) is 3.15. The zero-order chi connectivity index (χ0) is 15.4. The van der Waals surface area contributed by atoms with Crippen LogP contribution in [0.3, 0.4) is 0 Å². The maximum Gasteiger partial charge on any atom is 0.230 e. The van der Waals surface area contributed by atoms with Gasteiger partial charge in [0, 0.05) is 17.7 Å². The summed E-state index contributed by atoms with van der Waals surface area (Å²) in [5, 5.41) is 3.84. The molecule has 1 aliphatic heterocycles. The fourth-order valence-corrected chi connectivity index (χ4v) is 4.47. The van der Waals surface area contributed by atoms with Crippen molar-refractivity contribution >= 4 is 17.7 Å². The Morgan fingerprint density at radius 2 is 2.23 bits per heavy atom. The summed E-state index contributed by atoms with van der Waals surface area (Å²) >= 11 is 1.83. The predicted octanol–water partition coefficient (Wildman–Crippen LogP) is 3.34. The summed E-state index contributed by atoms with van der Waals surface area (Å²) in [6.07, 6.45) is 7.11. The van der Waals surface area contributed by atoms with E-state index in [9.17, 15) is 4.79 Å². The van der Waals surface area contributed by atoms with Crippen molar-refractivity contribution in [2.45, 2.75) is 56.7 Å². The van der Waals surface area contributed by atoms with E-state index in [1.54, 1.807) is 0 Å². The molecule has 4 heteroatoms. The maximum atomic E-state index is 12.0. The molecule has 1 heterocycles. The van der Waals surface area contributed by atoms with Crippen molar-refractivity contribution in [2.24, 2.45) is 0 Å². The Hall–Kier alpha value is -1.16. The van der Waals surface area contributed by atoms with Gasteiger partial charge in [0.05, 0.1) is 12.4 Å². The number of benzene rings is 1. The molecule has 2 aliphatic rings. The highest BCUT2D eigenvalue weighted by molar-refractivity contribution is 8.00. The van der Waals surface area contributed by atoms with Gasteiger partial charge in [-0.15, -0.1) is 11.8 Å². The molecule has 1 atom stereocenters. The molecule has 1 N–H and O–H groups in total. The van der Waals surface area contributed by atoms with Crippen LogP contribution in [0.2, 0.25) is 0 Å². The van der Waals surface area contributed by atoms with E-state index in [1.165, 1.54) is 36.8 Å². The summed E-state index contributed by atoms with van der Waals surface area (Å²) in [6.45, 7) is 2.88. The smallest absolute Gasteiger partial charge is 0.230 e. The molecule has 3 rings (SSSR count). The van der Waals surface area contributed by atoms with Gasteiger partial charge in [0.2, 0.25) is 5.91 Å². The number of carbonyl (C=O) groups excluding carboxylic acids is 1. The van der Waals surface area contributed by atoms with Crippen LogP contribution in [0.5, 0.6) is 5.75 Å². The second kappa shape index (κ2) is 7.40. The van der Waals surface area contributed by atoms with Gasteiger partial charge >= 0.3 is 0 Å². The number of hydrogen-bond donors (Lipinski definition) is 1. The monoisotopic (exact) mass is 319 g/mol. The van der Waals surface area contributed by atoms with E-state index in [0.29, 0.717) is 11.0 Å². The standard InChI is InChI=1S/C18H25NO2S/c1-13(19-18(20)12-22-16-4-2-3-5-16)10-14-6-7-17-15(11-14)8-9-21-17/h6-7,11,13,16H,2-5,8-10,12H2,1H3,(H,19,20)/t13-/m0/s1. The van der Waals surface area contributed by atoms with Gasteiger partial charge in [-0.25, -0.2) is 0 Å². The SMILES string of the molecule is C[C@@H](Cc1ccc2c(c1)CCO2)NC(=O)CSC1CCCC1. The first-order valence-electron chi connectivity index (χ1n) is 8.36. The summed E-state index contributed by atoms with van der Waals surface area (Å²) in [5.74, 6) is 1.80. The molecule has 1 amide bonds. The molecule has 0 bridgehead atoms. The zero-order valence-electron chi connectivity index (χ0n) is 13.3. The van der Waals surface area contributed by atoms with Crippen molar-refractivity contribution < 1.29 is 9.53 Å². The molecule has 1 aliphatic carbocycles. The van der Waals surface area contributed by atoms with Gasteiger partial charge in [-0.05, 0) is 43.4 Å². The highest BCUT2D eigenvalue weighted by Crippen LogP contribution is 2.29. The number of amides is 1. The third-order valence-electron chi connectivity index (χ3n) is 4.46. The minimum absolute atomic E-state index is 0.175. The van der Waals surface area contributed by atoms with Gasteiger partial charge in [0.25, 0.3) is 0 Å². The van der Waals surface area contributed by atoms with Crippen molar-refractivity contribution in [3.8, 4) is 5.75 Å². The number of nitrogens with one attached hydrogen (secondary N) is 1. The Morgan fingerprint density at radius 3 is 3.05 bits per heavy atom. The van der Waals surface area contributed by atoms with Gasteiger partial charge in [-0.3, -0.25) is 4.79 Å². The van der Waals surface area contributed by atoms with E-state index in [1.807, 2.05) is 11.8 Å². The molecule has 0 saturated heterocycles. The first-order valence-corrected chi connectivity index (χ1v) is 9.41. The second-order valence-corrected chi connectivity index (χ2v) is 7.72. The van der Waals surface area contributed by atoms with Crippen LogP contribution in [0.15, 0.2) is 18.2 Å². The third kappa shape index (κ3) is 4.19. The molecule has 120 valence electrons. The molecule has 1 saturated carbocycles. The first-order chi connectivity index (χ1) is 10.7. The highest BCUT2D eigenvalue weighted by atomic mass is 32.2. The van der Waals surface area contributed by atoms with E-state index in [-0.39, 0.29) is 11.9 Å². The summed E-state index contributed by atoms with van der Waals surface area (Å²) in [6, 6.07) is 6.57. The van der Waals surface area contributed by atoms with Gasteiger partial charge < -0.3 is 10.1 Å². The fourth-order valence-electron chi connectivity index (χ4n) is 3.34. The first kappa shape index (κ1) is 15.7. The molecule has 0 radical (unpaired) electrons. The number of carbonyl (C=O) groups is 1. The Morgan fingerprint density at radius 1 is 1.41 bits per heavy atom. The molecule has 0 spiro atoms. The van der Waals surface area contributed by atoms with E-state index in [2.05, 4.69) is 30.4 Å². The number of ether oxygens (including phenoxy) is 1. The molecule has 0 unspecified atom stereocenters. The predicted molar refractivity (Wildman–Crippen MR) is 91.7 cm³/mol. The number of thioether (sulfide) groups is 1. The molecule has 1 aromatic carbocycles. The second-order valence-electron chi connectivity index (χ2n) is 6.43. The quantitative estimate of drug-likeness (QED) is 0.874. The van der Waals surface area contributed by atoms with E-state index >= 15 is 0 Å². The summed E-state index contributed by atoms with van der Waals surface area (Å²) in [4.78, 5) is 12.0. The fraction of sp³-hybridized carbons (Fsp3) is 0.611. The number of hydrogen-bond acceptors (Lipinski definition) is 3. The van der Waals surface area contributed by atoms with E-state index in [4.69, 9.17) is 4.74 Å². The largest absolute Gasteiger partial charge is 0.493 e. The summed E-state index contributed by atoms with van der Waals surface area (Å²) < 4.78 is 5.53. The Bertz CT molecular complexity index is 526. The molecular weight excluding hydrogens is 294 g/mol. The third-order valence-corrected chi connectivity index (χ3v) is 5.83. The van der Waals surface area contributed by atoms with Crippen molar-refractivity contribution in [2.75, 3.05) is 12.4 Å². The Labute approximate surface area is 137 Å². The normalized spacial score (nSPS) is 18.8. The number of fused-ring (bicyclic) bond motifs is 1. The van der Waals surface area contributed by atoms with Gasteiger partial charge in [0.15, 0.2) is 0 Å². The van der Waals surface area contributed by atoms with Crippen LogP contribution >= 0.6 is 11.8 Å².